The monoisotopic (exact) mass is 404 g/mol. The zero-order valence-electron chi connectivity index (χ0n) is 11.2. The molecular formula is C15H18ClIN2O. The summed E-state index contributed by atoms with van der Waals surface area (Å²) in [6.07, 6.45) is 3.31. The number of amides is 1. The highest BCUT2D eigenvalue weighted by Crippen LogP contribution is 2.36. The molecule has 1 aromatic rings. The van der Waals surface area contributed by atoms with Crippen molar-refractivity contribution in [3.05, 3.63) is 32.4 Å². The molecule has 3 atom stereocenters. The lowest BCUT2D eigenvalue weighted by Gasteiger charge is -2.27. The van der Waals surface area contributed by atoms with Crippen LogP contribution in [0.4, 0.5) is 0 Å². The number of fused-ring (bicyclic) bond motifs is 1. The second-order valence-electron chi connectivity index (χ2n) is 5.93. The van der Waals surface area contributed by atoms with E-state index in [1.54, 1.807) is 6.07 Å². The van der Waals surface area contributed by atoms with Crippen molar-refractivity contribution < 1.29 is 4.79 Å². The second kappa shape index (κ2) is 5.81. The first-order valence-corrected chi connectivity index (χ1v) is 8.50. The van der Waals surface area contributed by atoms with E-state index in [9.17, 15) is 4.79 Å². The van der Waals surface area contributed by atoms with Gasteiger partial charge in [-0.15, -0.1) is 0 Å². The van der Waals surface area contributed by atoms with E-state index in [2.05, 4.69) is 22.6 Å². The second-order valence-corrected chi connectivity index (χ2v) is 7.53. The lowest BCUT2D eigenvalue weighted by atomic mass is 9.79. The molecule has 108 valence electrons. The van der Waals surface area contributed by atoms with Crippen molar-refractivity contribution in [3.63, 3.8) is 0 Å². The molecule has 2 aliphatic rings. The van der Waals surface area contributed by atoms with Crippen LogP contribution in [-0.4, -0.2) is 29.9 Å². The Kier molecular flexibility index (Phi) is 4.24. The minimum atomic E-state index is 0.111. The van der Waals surface area contributed by atoms with E-state index in [4.69, 9.17) is 17.3 Å². The summed E-state index contributed by atoms with van der Waals surface area (Å²) in [6, 6.07) is 5.81. The lowest BCUT2D eigenvalue weighted by Crippen LogP contribution is -2.32. The van der Waals surface area contributed by atoms with Crippen molar-refractivity contribution in [2.45, 2.75) is 25.3 Å². The van der Waals surface area contributed by atoms with Gasteiger partial charge in [0.15, 0.2) is 0 Å². The predicted molar refractivity (Wildman–Crippen MR) is 88.9 cm³/mol. The van der Waals surface area contributed by atoms with Gasteiger partial charge in [-0.2, -0.15) is 0 Å². The molecule has 1 heterocycles. The summed E-state index contributed by atoms with van der Waals surface area (Å²) in [6.45, 7) is 1.72. The normalized spacial score (nSPS) is 29.4. The van der Waals surface area contributed by atoms with Gasteiger partial charge in [0.25, 0.3) is 5.91 Å². The Morgan fingerprint density at radius 2 is 2.05 bits per heavy atom. The molecule has 0 radical (unpaired) electrons. The fourth-order valence-electron chi connectivity index (χ4n) is 3.47. The molecule has 2 N–H and O–H groups in total. The number of benzene rings is 1. The number of carbonyl (C=O) groups is 1. The van der Waals surface area contributed by atoms with E-state index in [1.807, 2.05) is 17.0 Å². The highest BCUT2D eigenvalue weighted by Gasteiger charge is 2.38. The largest absolute Gasteiger partial charge is 0.338 e. The molecule has 2 fully saturated rings. The maximum absolute atomic E-state index is 12.7. The quantitative estimate of drug-likeness (QED) is 0.731. The number of halogens is 2. The SMILES string of the molecule is NC1CC[C@@H]2CN(C(=O)c3cc(Cl)ccc3I)C[C@@H]2C1. The zero-order valence-corrected chi connectivity index (χ0v) is 14.1. The highest BCUT2D eigenvalue weighted by molar-refractivity contribution is 14.1. The van der Waals surface area contributed by atoms with Gasteiger partial charge in [0, 0.05) is 27.7 Å². The lowest BCUT2D eigenvalue weighted by molar-refractivity contribution is 0.0783. The van der Waals surface area contributed by atoms with Crippen LogP contribution < -0.4 is 5.73 Å². The molecule has 0 spiro atoms. The van der Waals surface area contributed by atoms with E-state index in [-0.39, 0.29) is 5.91 Å². The molecule has 0 bridgehead atoms. The van der Waals surface area contributed by atoms with E-state index in [1.165, 1.54) is 0 Å². The van der Waals surface area contributed by atoms with Crippen LogP contribution in [0.1, 0.15) is 29.6 Å². The van der Waals surface area contributed by atoms with Gasteiger partial charge in [-0.3, -0.25) is 4.79 Å². The summed E-state index contributed by atoms with van der Waals surface area (Å²) in [4.78, 5) is 14.7. The van der Waals surface area contributed by atoms with Crippen LogP contribution in [0.2, 0.25) is 5.02 Å². The van der Waals surface area contributed by atoms with Gasteiger partial charge in [0.05, 0.1) is 5.56 Å². The van der Waals surface area contributed by atoms with Gasteiger partial charge in [0.1, 0.15) is 0 Å². The van der Waals surface area contributed by atoms with Gasteiger partial charge < -0.3 is 10.6 Å². The van der Waals surface area contributed by atoms with Crippen molar-refractivity contribution in [3.8, 4) is 0 Å². The van der Waals surface area contributed by atoms with E-state index in [0.717, 1.165) is 41.5 Å². The third kappa shape index (κ3) is 2.83. The zero-order chi connectivity index (χ0) is 14.3. The van der Waals surface area contributed by atoms with Crippen LogP contribution in [0.15, 0.2) is 18.2 Å². The molecule has 1 aliphatic heterocycles. The Morgan fingerprint density at radius 1 is 1.30 bits per heavy atom. The number of rotatable bonds is 1. The molecule has 1 saturated heterocycles. The first kappa shape index (κ1) is 14.6. The smallest absolute Gasteiger partial charge is 0.254 e. The van der Waals surface area contributed by atoms with Crippen molar-refractivity contribution in [1.82, 2.24) is 4.90 Å². The summed E-state index contributed by atoms with van der Waals surface area (Å²) >= 11 is 8.22. The van der Waals surface area contributed by atoms with Crippen LogP contribution in [0.3, 0.4) is 0 Å². The van der Waals surface area contributed by atoms with Crippen LogP contribution in [-0.2, 0) is 0 Å². The summed E-state index contributed by atoms with van der Waals surface area (Å²) in [5, 5.41) is 0.618. The minimum absolute atomic E-state index is 0.111. The van der Waals surface area contributed by atoms with Crippen LogP contribution >= 0.6 is 34.2 Å². The summed E-state index contributed by atoms with van der Waals surface area (Å²) in [5.41, 5.74) is 6.77. The summed E-state index contributed by atoms with van der Waals surface area (Å²) in [7, 11) is 0. The van der Waals surface area contributed by atoms with Crippen LogP contribution in [0, 0.1) is 15.4 Å². The average Bonchev–Trinajstić information content (AvgIpc) is 2.83. The first-order valence-electron chi connectivity index (χ1n) is 7.04. The van der Waals surface area contributed by atoms with Crippen molar-refractivity contribution in [1.29, 1.82) is 0 Å². The van der Waals surface area contributed by atoms with Crippen LogP contribution in [0.5, 0.6) is 0 Å². The molecule has 1 aromatic carbocycles. The molecule has 20 heavy (non-hydrogen) atoms. The third-order valence-corrected chi connectivity index (χ3v) is 5.71. The van der Waals surface area contributed by atoms with E-state index in [0.29, 0.717) is 22.9 Å². The predicted octanol–water partition coefficient (Wildman–Crippen LogP) is 3.14. The number of carbonyl (C=O) groups excluding carboxylic acids is 1. The van der Waals surface area contributed by atoms with Crippen molar-refractivity contribution in [2.24, 2.45) is 17.6 Å². The Labute approximate surface area is 138 Å². The summed E-state index contributed by atoms with van der Waals surface area (Å²) < 4.78 is 0.962. The molecule has 0 aromatic heterocycles. The van der Waals surface area contributed by atoms with Gasteiger partial charge in [-0.1, -0.05) is 11.6 Å². The fourth-order valence-corrected chi connectivity index (χ4v) is 4.20. The van der Waals surface area contributed by atoms with Gasteiger partial charge in [-0.25, -0.2) is 0 Å². The molecule has 1 amide bonds. The maximum Gasteiger partial charge on any atom is 0.254 e. The van der Waals surface area contributed by atoms with Gasteiger partial charge >= 0.3 is 0 Å². The van der Waals surface area contributed by atoms with Gasteiger partial charge in [-0.05, 0) is 71.9 Å². The Hall–Kier alpha value is -0.330. The molecule has 1 saturated carbocycles. The maximum atomic E-state index is 12.7. The standard InChI is InChI=1S/C15H18ClIN2O/c16-11-2-4-14(17)13(6-11)15(20)19-7-9-1-3-12(18)5-10(9)8-19/h2,4,6,9-10,12H,1,3,5,7-8,18H2/t9-,10+,12?/m1/s1. The molecule has 3 rings (SSSR count). The number of likely N-dealkylation sites (tertiary alicyclic amines) is 1. The van der Waals surface area contributed by atoms with Gasteiger partial charge in [0.2, 0.25) is 0 Å². The molecule has 5 heteroatoms. The molecule has 1 aliphatic carbocycles. The van der Waals surface area contributed by atoms with E-state index < -0.39 is 0 Å². The minimum Gasteiger partial charge on any atom is -0.338 e. The summed E-state index contributed by atoms with van der Waals surface area (Å²) in [5.74, 6) is 1.33. The number of nitrogens with zero attached hydrogens (tertiary/aromatic N) is 1. The van der Waals surface area contributed by atoms with E-state index >= 15 is 0 Å². The average molecular weight is 405 g/mol. The number of nitrogens with two attached hydrogens (primary N) is 1. The van der Waals surface area contributed by atoms with Crippen LogP contribution in [0.25, 0.3) is 0 Å². The number of hydrogen-bond acceptors (Lipinski definition) is 2. The first-order chi connectivity index (χ1) is 9.54. The van der Waals surface area contributed by atoms with Crippen molar-refractivity contribution >= 4 is 40.1 Å². The highest BCUT2D eigenvalue weighted by atomic mass is 127. The molecule has 3 nitrogen and oxygen atoms in total. The topological polar surface area (TPSA) is 46.3 Å². The third-order valence-electron chi connectivity index (χ3n) is 4.54. The Balaban J connectivity index is 1.77. The Bertz CT molecular complexity index is 537. The van der Waals surface area contributed by atoms with Crippen molar-refractivity contribution in [2.75, 3.05) is 13.1 Å². The molecular weight excluding hydrogens is 387 g/mol. The Morgan fingerprint density at radius 3 is 2.85 bits per heavy atom. The number of hydrogen-bond donors (Lipinski definition) is 1. The fraction of sp³-hybridized carbons (Fsp3) is 0.533. The molecule has 1 unspecified atom stereocenters.